The normalized spacial score (nSPS) is 10.4. The molecule has 0 heterocycles. The largest absolute Gasteiger partial charge is 0.513 e. The molecule has 0 fully saturated rings. The Bertz CT molecular complexity index is 746. The van der Waals surface area contributed by atoms with Gasteiger partial charge < -0.3 is 14.2 Å². The zero-order valence-corrected chi connectivity index (χ0v) is 16.6. The summed E-state index contributed by atoms with van der Waals surface area (Å²) in [5.41, 5.74) is 3.08. The third-order valence-corrected chi connectivity index (χ3v) is 4.89. The van der Waals surface area contributed by atoms with Crippen LogP contribution in [-0.2, 0) is 17.8 Å². The minimum absolute atomic E-state index is 0.232. The van der Waals surface area contributed by atoms with E-state index in [1.807, 2.05) is 25.1 Å². The van der Waals surface area contributed by atoms with Gasteiger partial charge in [-0.05, 0) is 71.3 Å². The summed E-state index contributed by atoms with van der Waals surface area (Å²) in [6.45, 7) is 4.35. The molecule has 2 rings (SSSR count). The lowest BCUT2D eigenvalue weighted by Gasteiger charge is -2.14. The number of hydrogen-bond acceptors (Lipinski definition) is 4. The summed E-state index contributed by atoms with van der Waals surface area (Å²) >= 11 is 8.47. The van der Waals surface area contributed by atoms with Crippen molar-refractivity contribution in [3.05, 3.63) is 55.6 Å². The van der Waals surface area contributed by atoms with E-state index in [-0.39, 0.29) is 6.61 Å². The maximum Gasteiger partial charge on any atom is 0.513 e. The first-order valence-corrected chi connectivity index (χ1v) is 8.87. The molecule has 0 aliphatic heterocycles. The predicted molar refractivity (Wildman–Crippen MR) is 102 cm³/mol. The van der Waals surface area contributed by atoms with Gasteiger partial charge in [0.2, 0.25) is 0 Å². The quantitative estimate of drug-likeness (QED) is 0.334. The van der Waals surface area contributed by atoms with E-state index in [2.05, 4.69) is 34.3 Å². The first kappa shape index (κ1) is 18.9. The van der Waals surface area contributed by atoms with Crippen molar-refractivity contribution in [2.24, 2.45) is 0 Å². The molecular formula is C18H18ClIO4. The number of carbonyl (C=O) groups is 1. The standard InChI is InChI=1S/C18H18ClIO4/c1-4-12-9-14(19)17(8-11(12)2)23-10-13-15(20)6-5-7-16(13)24-18(21)22-3/h5-9H,4,10H2,1-3H3. The van der Waals surface area contributed by atoms with Gasteiger partial charge in [0, 0.05) is 9.13 Å². The summed E-state index contributed by atoms with van der Waals surface area (Å²) in [5.74, 6) is 1.02. The highest BCUT2D eigenvalue weighted by atomic mass is 127. The highest BCUT2D eigenvalue weighted by Crippen LogP contribution is 2.31. The van der Waals surface area contributed by atoms with E-state index in [4.69, 9.17) is 21.1 Å². The molecule has 0 aliphatic carbocycles. The molecular weight excluding hydrogens is 443 g/mol. The van der Waals surface area contributed by atoms with E-state index < -0.39 is 6.16 Å². The van der Waals surface area contributed by atoms with Crippen molar-refractivity contribution in [1.82, 2.24) is 0 Å². The molecule has 6 heteroatoms. The second-order valence-electron chi connectivity index (χ2n) is 5.12. The summed E-state index contributed by atoms with van der Waals surface area (Å²) in [6.07, 6.45) is 0.152. The van der Waals surface area contributed by atoms with Crippen LogP contribution >= 0.6 is 34.2 Å². The number of rotatable bonds is 5. The van der Waals surface area contributed by atoms with E-state index in [9.17, 15) is 4.79 Å². The van der Waals surface area contributed by atoms with E-state index in [1.54, 1.807) is 12.1 Å². The van der Waals surface area contributed by atoms with E-state index in [0.29, 0.717) is 16.5 Å². The number of halogens is 2. The van der Waals surface area contributed by atoms with Crippen LogP contribution < -0.4 is 9.47 Å². The number of carbonyl (C=O) groups excluding carboxylic acids is 1. The lowest BCUT2D eigenvalue weighted by atomic mass is 10.1. The van der Waals surface area contributed by atoms with Crippen LogP contribution in [0.4, 0.5) is 4.79 Å². The molecule has 0 saturated heterocycles. The van der Waals surface area contributed by atoms with Gasteiger partial charge in [-0.1, -0.05) is 24.6 Å². The van der Waals surface area contributed by atoms with E-state index in [0.717, 1.165) is 21.1 Å². The molecule has 0 N–H and O–H groups in total. The van der Waals surface area contributed by atoms with Gasteiger partial charge in [0.1, 0.15) is 18.1 Å². The van der Waals surface area contributed by atoms with Crippen molar-refractivity contribution in [2.75, 3.05) is 7.11 Å². The molecule has 4 nitrogen and oxygen atoms in total. The molecule has 0 atom stereocenters. The fourth-order valence-electron chi connectivity index (χ4n) is 2.24. The lowest BCUT2D eigenvalue weighted by molar-refractivity contribution is 0.120. The maximum atomic E-state index is 11.4. The molecule has 2 aromatic rings. The Kier molecular flexibility index (Phi) is 6.74. The minimum Gasteiger partial charge on any atom is -0.487 e. The highest BCUT2D eigenvalue weighted by Gasteiger charge is 2.14. The molecule has 0 saturated carbocycles. The number of methoxy groups -OCH3 is 1. The molecule has 0 aliphatic rings. The average molecular weight is 461 g/mol. The van der Waals surface area contributed by atoms with Crippen LogP contribution in [0.5, 0.6) is 11.5 Å². The van der Waals surface area contributed by atoms with Crippen LogP contribution in [-0.4, -0.2) is 13.3 Å². The topological polar surface area (TPSA) is 44.8 Å². The highest BCUT2D eigenvalue weighted by molar-refractivity contribution is 14.1. The zero-order chi connectivity index (χ0) is 17.7. The third-order valence-electron chi connectivity index (χ3n) is 3.58. The number of benzene rings is 2. The van der Waals surface area contributed by atoms with E-state index in [1.165, 1.54) is 12.7 Å². The number of ether oxygens (including phenoxy) is 3. The van der Waals surface area contributed by atoms with Crippen molar-refractivity contribution >= 4 is 40.3 Å². The summed E-state index contributed by atoms with van der Waals surface area (Å²) in [7, 11) is 1.27. The Morgan fingerprint density at radius 2 is 2.00 bits per heavy atom. The maximum absolute atomic E-state index is 11.4. The Labute approximate surface area is 160 Å². The fraction of sp³-hybridized carbons (Fsp3) is 0.278. The fourth-order valence-corrected chi connectivity index (χ4v) is 3.11. The summed E-state index contributed by atoms with van der Waals surface area (Å²) in [6, 6.07) is 9.27. The molecule has 0 unspecified atom stereocenters. The lowest BCUT2D eigenvalue weighted by Crippen LogP contribution is -2.10. The number of hydrogen-bond donors (Lipinski definition) is 0. The first-order chi connectivity index (χ1) is 11.5. The van der Waals surface area contributed by atoms with Gasteiger partial charge in [-0.3, -0.25) is 0 Å². The number of aryl methyl sites for hydroxylation is 2. The SMILES string of the molecule is CCc1cc(Cl)c(OCc2c(I)cccc2OC(=O)OC)cc1C. The third kappa shape index (κ3) is 4.54. The van der Waals surface area contributed by atoms with Crippen molar-refractivity contribution in [3.8, 4) is 11.5 Å². The monoisotopic (exact) mass is 460 g/mol. The van der Waals surface area contributed by atoms with E-state index >= 15 is 0 Å². The van der Waals surface area contributed by atoms with Crippen LogP contribution in [0, 0.1) is 10.5 Å². The molecule has 0 radical (unpaired) electrons. The van der Waals surface area contributed by atoms with Gasteiger partial charge in [0.15, 0.2) is 0 Å². The first-order valence-electron chi connectivity index (χ1n) is 7.41. The molecule has 128 valence electrons. The second kappa shape index (κ2) is 8.58. The van der Waals surface area contributed by atoms with Crippen LogP contribution in [0.25, 0.3) is 0 Å². The van der Waals surface area contributed by atoms with Gasteiger partial charge in [-0.2, -0.15) is 0 Å². The molecule has 0 amide bonds. The second-order valence-corrected chi connectivity index (χ2v) is 6.69. The Morgan fingerprint density at radius 3 is 2.67 bits per heavy atom. The average Bonchev–Trinajstić information content (AvgIpc) is 2.56. The van der Waals surface area contributed by atoms with Gasteiger partial charge in [0.25, 0.3) is 0 Å². The Balaban J connectivity index is 2.23. The van der Waals surface area contributed by atoms with Crippen LogP contribution in [0.2, 0.25) is 5.02 Å². The van der Waals surface area contributed by atoms with Gasteiger partial charge in [-0.15, -0.1) is 0 Å². The van der Waals surface area contributed by atoms with Gasteiger partial charge in [0.05, 0.1) is 12.1 Å². The summed E-state index contributed by atoms with van der Waals surface area (Å²) in [4.78, 5) is 11.4. The van der Waals surface area contributed by atoms with Crippen molar-refractivity contribution in [1.29, 1.82) is 0 Å². The van der Waals surface area contributed by atoms with Gasteiger partial charge in [-0.25, -0.2) is 4.79 Å². The Hall–Kier alpha value is -1.47. The van der Waals surface area contributed by atoms with Gasteiger partial charge >= 0.3 is 6.16 Å². The summed E-state index contributed by atoms with van der Waals surface area (Å²) < 4.78 is 16.5. The van der Waals surface area contributed by atoms with Crippen LogP contribution in [0.15, 0.2) is 30.3 Å². The zero-order valence-electron chi connectivity index (χ0n) is 13.7. The molecule has 0 bridgehead atoms. The predicted octanol–water partition coefficient (Wildman–Crippen LogP) is 5.54. The van der Waals surface area contributed by atoms with Crippen molar-refractivity contribution in [3.63, 3.8) is 0 Å². The minimum atomic E-state index is -0.764. The molecule has 0 spiro atoms. The van der Waals surface area contributed by atoms with Crippen LogP contribution in [0.3, 0.4) is 0 Å². The van der Waals surface area contributed by atoms with Crippen molar-refractivity contribution in [2.45, 2.75) is 26.9 Å². The summed E-state index contributed by atoms with van der Waals surface area (Å²) in [5, 5.41) is 0.568. The molecule has 0 aromatic heterocycles. The Morgan fingerprint density at radius 1 is 1.25 bits per heavy atom. The molecule has 24 heavy (non-hydrogen) atoms. The van der Waals surface area contributed by atoms with Crippen LogP contribution in [0.1, 0.15) is 23.6 Å². The smallest absolute Gasteiger partial charge is 0.487 e. The van der Waals surface area contributed by atoms with Crippen molar-refractivity contribution < 1.29 is 19.0 Å². The molecule has 2 aromatic carbocycles.